The molecule has 29 heavy (non-hydrogen) atoms. The summed E-state index contributed by atoms with van der Waals surface area (Å²) < 4.78 is 0. The van der Waals surface area contributed by atoms with Crippen LogP contribution < -0.4 is 21.2 Å². The molecule has 0 amide bonds. The van der Waals surface area contributed by atoms with Crippen LogP contribution in [-0.2, 0) is 0 Å². The van der Waals surface area contributed by atoms with E-state index in [2.05, 4.69) is 139 Å². The molecule has 0 fully saturated rings. The Labute approximate surface area is 182 Å². The molecule has 4 aromatic rings. The quantitative estimate of drug-likeness (QED) is 0.324. The van der Waals surface area contributed by atoms with Gasteiger partial charge in [-0.25, -0.2) is 0 Å². The van der Waals surface area contributed by atoms with Gasteiger partial charge in [0.15, 0.2) is 0 Å². The maximum atomic E-state index is 4.61. The summed E-state index contributed by atoms with van der Waals surface area (Å²) in [6.45, 7) is 6.70. The van der Waals surface area contributed by atoms with E-state index in [1.807, 2.05) is 0 Å². The van der Waals surface area contributed by atoms with Crippen molar-refractivity contribution in [1.29, 1.82) is 0 Å². The van der Waals surface area contributed by atoms with Gasteiger partial charge in [0.1, 0.15) is 0 Å². The molecule has 4 aromatic carbocycles. The molecular weight excluding hydrogens is 435 g/mol. The Morgan fingerprint density at radius 2 is 0.759 bits per heavy atom. The van der Waals surface area contributed by atoms with E-state index in [0.717, 1.165) is 0 Å². The molecule has 0 unspecified atom stereocenters. The molecule has 0 heterocycles. The molecule has 2 heteroatoms. The van der Waals surface area contributed by atoms with Crippen LogP contribution in [0.25, 0.3) is 0 Å². The van der Waals surface area contributed by atoms with E-state index in [4.69, 9.17) is 0 Å². The van der Waals surface area contributed by atoms with Gasteiger partial charge in [-0.05, 0) is 0 Å². The Morgan fingerprint density at radius 3 is 1.10 bits per heavy atom. The topological polar surface area (TPSA) is 0 Å². The zero-order valence-corrected chi connectivity index (χ0v) is 19.6. The summed E-state index contributed by atoms with van der Waals surface area (Å²) in [5.41, 5.74) is 3.91. The average molecular weight is 461 g/mol. The number of rotatable bonds is 4. The van der Waals surface area contributed by atoms with Crippen LogP contribution in [0, 0.1) is 20.8 Å². The molecule has 0 nitrogen and oxygen atoms in total. The summed E-state index contributed by atoms with van der Waals surface area (Å²) in [7, 11) is 0. The number of halogens is 1. The average Bonchev–Trinajstić information content (AvgIpc) is 2.75. The molecule has 0 atom stereocenters. The zero-order chi connectivity index (χ0) is 20.5. The minimum absolute atomic E-state index is 1.30. The third-order valence-electron chi connectivity index (χ3n) is 5.94. The predicted octanol–water partition coefficient (Wildman–Crippen LogP) is 6.08. The first-order chi connectivity index (χ1) is 14.0. The molecule has 0 spiro atoms. The number of aryl methyl sites for hydroxylation is 3. The second kappa shape index (κ2) is 7.56. The molecule has 0 N–H and O–H groups in total. The van der Waals surface area contributed by atoms with Gasteiger partial charge in [-0.2, -0.15) is 0 Å². The van der Waals surface area contributed by atoms with Crippen molar-refractivity contribution in [2.45, 2.75) is 20.8 Å². The molecule has 0 aliphatic heterocycles. The molecule has 0 aromatic heterocycles. The Kier molecular flexibility index (Phi) is 5.23. The van der Waals surface area contributed by atoms with Crippen LogP contribution in [0.4, 0.5) is 0 Å². The Morgan fingerprint density at radius 1 is 0.448 bits per heavy atom. The molecule has 4 rings (SSSR count). The summed E-state index contributed by atoms with van der Waals surface area (Å²) in [5, 5.41) is 2.29. The van der Waals surface area contributed by atoms with Crippen LogP contribution in [0.1, 0.15) is 16.7 Å². The summed E-state index contributed by atoms with van der Waals surface area (Å²) in [5.74, 6) is 0. The third-order valence-corrected chi connectivity index (χ3v) is 16.1. The van der Waals surface area contributed by atoms with E-state index in [1.54, 1.807) is 0 Å². The summed E-state index contributed by atoms with van der Waals surface area (Å²) >= 11 is 4.61. The Balaban J connectivity index is 2.34. The van der Waals surface area contributed by atoms with Crippen LogP contribution in [0.2, 0.25) is 0 Å². The fraction of sp³-hybridized carbons (Fsp3) is 0.111. The van der Waals surface area contributed by atoms with Crippen molar-refractivity contribution in [2.24, 2.45) is 0 Å². The van der Waals surface area contributed by atoms with Crippen molar-refractivity contribution in [3.8, 4) is 0 Å². The molecule has 0 radical (unpaired) electrons. The van der Waals surface area contributed by atoms with Gasteiger partial charge in [-0.1, -0.05) is 0 Å². The predicted molar refractivity (Wildman–Crippen MR) is 134 cm³/mol. The monoisotopic (exact) mass is 460 g/mol. The molecule has 0 saturated heterocycles. The van der Waals surface area contributed by atoms with Gasteiger partial charge in [-0.3, -0.25) is 0 Å². The van der Waals surface area contributed by atoms with E-state index in [0.29, 0.717) is 0 Å². The molecule has 146 valence electrons. The van der Waals surface area contributed by atoms with Gasteiger partial charge in [-0.15, -0.1) is 0 Å². The van der Waals surface area contributed by atoms with Crippen LogP contribution in [-0.4, -0.2) is 0 Å². The van der Waals surface area contributed by atoms with Crippen LogP contribution in [0.3, 0.4) is 0 Å². The number of hydrogen-bond acceptors (Lipinski definition) is 0. The van der Waals surface area contributed by atoms with Crippen molar-refractivity contribution in [3.05, 3.63) is 120 Å². The van der Waals surface area contributed by atoms with Gasteiger partial charge in [0.25, 0.3) is 0 Å². The Hall–Kier alpha value is -2.21. The van der Waals surface area contributed by atoms with Gasteiger partial charge >= 0.3 is 183 Å². The normalized spacial score (nSPS) is 12.9. The Bertz CT molecular complexity index is 1050. The van der Waals surface area contributed by atoms with Crippen LogP contribution in [0.5, 0.6) is 0 Å². The van der Waals surface area contributed by atoms with Gasteiger partial charge < -0.3 is 0 Å². The summed E-state index contributed by atoms with van der Waals surface area (Å²) in [6.07, 6.45) is 0. The van der Waals surface area contributed by atoms with E-state index in [1.165, 1.54) is 37.9 Å². The van der Waals surface area contributed by atoms with Crippen molar-refractivity contribution >= 4 is 42.0 Å². The van der Waals surface area contributed by atoms with E-state index < -0.39 is 5.31 Å². The van der Waals surface area contributed by atoms with Crippen LogP contribution in [0.15, 0.2) is 103 Å². The van der Waals surface area contributed by atoms with Crippen molar-refractivity contribution < 1.29 is 0 Å². The van der Waals surface area contributed by atoms with Gasteiger partial charge in [0.2, 0.25) is 0 Å². The van der Waals surface area contributed by atoms with Crippen molar-refractivity contribution in [2.75, 3.05) is 0 Å². The first kappa shape index (κ1) is 20.1. The van der Waals surface area contributed by atoms with Crippen LogP contribution >= 0.6 is 20.8 Å². The fourth-order valence-corrected chi connectivity index (χ4v) is 14.6. The molecule has 0 aliphatic carbocycles. The zero-order valence-electron chi connectivity index (χ0n) is 17.1. The molecule has 0 saturated carbocycles. The van der Waals surface area contributed by atoms with E-state index in [9.17, 15) is 0 Å². The van der Waals surface area contributed by atoms with Gasteiger partial charge in [0.05, 0.1) is 0 Å². The minimum atomic E-state index is -3.15. The molecular formula is C27H26BrP. The maximum absolute atomic E-state index is 4.61. The van der Waals surface area contributed by atoms with Crippen molar-refractivity contribution in [3.63, 3.8) is 0 Å². The first-order valence-electron chi connectivity index (χ1n) is 9.96. The molecule has 0 bridgehead atoms. The summed E-state index contributed by atoms with van der Waals surface area (Å²) in [4.78, 5) is 0. The fourth-order valence-electron chi connectivity index (χ4n) is 4.62. The van der Waals surface area contributed by atoms with Crippen molar-refractivity contribution in [1.82, 2.24) is 0 Å². The second-order valence-electron chi connectivity index (χ2n) is 7.70. The number of hydrogen-bond donors (Lipinski definition) is 0. The third kappa shape index (κ3) is 2.91. The van der Waals surface area contributed by atoms with Gasteiger partial charge in [0, 0.05) is 0 Å². The number of benzene rings is 4. The molecule has 0 aliphatic rings. The van der Waals surface area contributed by atoms with E-state index in [-0.39, 0.29) is 0 Å². The second-order valence-corrected chi connectivity index (χ2v) is 15.9. The summed E-state index contributed by atoms with van der Waals surface area (Å²) in [6, 6.07) is 37.6. The first-order valence-corrected chi connectivity index (χ1v) is 14.2. The van der Waals surface area contributed by atoms with E-state index >= 15 is 0 Å². The SMILES string of the molecule is Cc1ccccc1P(Br)(c1ccccc1)(c1ccccc1C)c1ccccc1C. The standard InChI is InChI=1S/C27H26BrP/c1-21-13-7-10-18-25(21)29(28,24-16-5-4-6-17-24,26-19-11-8-14-22(26)2)27-20-12-9-15-23(27)3/h4-20H,1-3H3.